The highest BCUT2D eigenvalue weighted by molar-refractivity contribution is 5.91. The SMILES string of the molecule is COc1ccc2nccc(-c3ccc(CCN)cc3)c2n1. The van der Waals surface area contributed by atoms with Crippen LogP contribution in [0.15, 0.2) is 48.7 Å². The van der Waals surface area contributed by atoms with Crippen molar-refractivity contribution in [3.63, 3.8) is 0 Å². The number of methoxy groups -OCH3 is 1. The molecule has 0 aliphatic carbocycles. The average Bonchev–Trinajstić information content (AvgIpc) is 2.55. The van der Waals surface area contributed by atoms with Gasteiger partial charge in [-0.25, -0.2) is 4.98 Å². The van der Waals surface area contributed by atoms with Crippen molar-refractivity contribution in [1.29, 1.82) is 0 Å². The van der Waals surface area contributed by atoms with Gasteiger partial charge in [-0.3, -0.25) is 4.98 Å². The van der Waals surface area contributed by atoms with Crippen LogP contribution in [0.5, 0.6) is 5.88 Å². The number of benzene rings is 1. The summed E-state index contributed by atoms with van der Waals surface area (Å²) < 4.78 is 5.21. The maximum Gasteiger partial charge on any atom is 0.213 e. The second kappa shape index (κ2) is 5.89. The minimum absolute atomic E-state index is 0.594. The van der Waals surface area contributed by atoms with Gasteiger partial charge in [0.1, 0.15) is 5.52 Å². The molecule has 106 valence electrons. The largest absolute Gasteiger partial charge is 0.481 e. The number of fused-ring (bicyclic) bond motifs is 1. The molecule has 0 spiro atoms. The number of rotatable bonds is 4. The monoisotopic (exact) mass is 279 g/mol. The van der Waals surface area contributed by atoms with Crippen LogP contribution in [0, 0.1) is 0 Å². The number of nitrogens with two attached hydrogens (primary N) is 1. The third-order valence-corrected chi connectivity index (χ3v) is 3.47. The molecule has 0 amide bonds. The van der Waals surface area contributed by atoms with Gasteiger partial charge in [-0.05, 0) is 36.2 Å². The Morgan fingerprint density at radius 2 is 1.86 bits per heavy atom. The molecule has 3 rings (SSSR count). The van der Waals surface area contributed by atoms with Gasteiger partial charge in [-0.2, -0.15) is 0 Å². The fraction of sp³-hybridized carbons (Fsp3) is 0.176. The standard InChI is InChI=1S/C17H17N3O/c1-21-16-7-6-15-17(20-16)14(9-11-19-15)13-4-2-12(3-5-13)8-10-18/h2-7,9,11H,8,10,18H2,1H3. The van der Waals surface area contributed by atoms with E-state index in [4.69, 9.17) is 10.5 Å². The molecule has 0 saturated carbocycles. The van der Waals surface area contributed by atoms with Crippen LogP contribution in [0.3, 0.4) is 0 Å². The summed E-state index contributed by atoms with van der Waals surface area (Å²) in [6, 6.07) is 14.1. The van der Waals surface area contributed by atoms with Gasteiger partial charge in [0, 0.05) is 17.8 Å². The zero-order valence-electron chi connectivity index (χ0n) is 11.9. The van der Waals surface area contributed by atoms with Gasteiger partial charge in [0.15, 0.2) is 0 Å². The molecule has 0 aliphatic heterocycles. The zero-order chi connectivity index (χ0) is 14.7. The Hall–Kier alpha value is -2.46. The predicted octanol–water partition coefficient (Wildman–Crippen LogP) is 2.81. The van der Waals surface area contributed by atoms with Gasteiger partial charge >= 0.3 is 0 Å². The van der Waals surface area contributed by atoms with Crippen LogP contribution in [-0.4, -0.2) is 23.6 Å². The van der Waals surface area contributed by atoms with E-state index in [1.54, 1.807) is 13.3 Å². The van der Waals surface area contributed by atoms with E-state index in [0.717, 1.165) is 28.6 Å². The van der Waals surface area contributed by atoms with Gasteiger partial charge in [0.2, 0.25) is 5.88 Å². The van der Waals surface area contributed by atoms with Crippen molar-refractivity contribution in [3.05, 3.63) is 54.2 Å². The van der Waals surface area contributed by atoms with E-state index in [0.29, 0.717) is 12.4 Å². The number of aromatic nitrogens is 2. The van der Waals surface area contributed by atoms with Crippen molar-refractivity contribution in [2.75, 3.05) is 13.7 Å². The lowest BCUT2D eigenvalue weighted by Crippen LogP contribution is -2.02. The maximum atomic E-state index is 5.58. The summed E-state index contributed by atoms with van der Waals surface area (Å²) in [5.74, 6) is 0.594. The van der Waals surface area contributed by atoms with Gasteiger partial charge in [-0.1, -0.05) is 24.3 Å². The molecule has 0 saturated heterocycles. The number of hydrogen-bond donors (Lipinski definition) is 1. The van der Waals surface area contributed by atoms with E-state index >= 15 is 0 Å². The van der Waals surface area contributed by atoms with Crippen LogP contribution < -0.4 is 10.5 Å². The van der Waals surface area contributed by atoms with Gasteiger partial charge < -0.3 is 10.5 Å². The molecule has 2 aromatic heterocycles. The van der Waals surface area contributed by atoms with Crippen LogP contribution in [0.2, 0.25) is 0 Å². The number of pyridine rings is 2. The number of hydrogen-bond acceptors (Lipinski definition) is 4. The predicted molar refractivity (Wildman–Crippen MR) is 84.3 cm³/mol. The first-order valence-electron chi connectivity index (χ1n) is 6.91. The van der Waals surface area contributed by atoms with E-state index in [-0.39, 0.29) is 0 Å². The van der Waals surface area contributed by atoms with Crippen molar-refractivity contribution in [1.82, 2.24) is 9.97 Å². The minimum Gasteiger partial charge on any atom is -0.481 e. The summed E-state index contributed by atoms with van der Waals surface area (Å²) in [7, 11) is 1.62. The zero-order valence-corrected chi connectivity index (χ0v) is 11.9. The Labute approximate surface area is 123 Å². The first-order chi connectivity index (χ1) is 10.3. The molecule has 0 atom stereocenters. The second-order valence-electron chi connectivity index (χ2n) is 4.82. The highest BCUT2D eigenvalue weighted by Gasteiger charge is 2.07. The van der Waals surface area contributed by atoms with Gasteiger partial charge in [0.25, 0.3) is 0 Å². The Bertz CT molecular complexity index is 754. The van der Waals surface area contributed by atoms with E-state index < -0.39 is 0 Å². The molecule has 0 aliphatic rings. The van der Waals surface area contributed by atoms with Crippen molar-refractivity contribution >= 4 is 11.0 Å². The van der Waals surface area contributed by atoms with E-state index in [2.05, 4.69) is 34.2 Å². The first-order valence-corrected chi connectivity index (χ1v) is 6.91. The summed E-state index contributed by atoms with van der Waals surface area (Å²) in [4.78, 5) is 8.88. The smallest absolute Gasteiger partial charge is 0.213 e. The van der Waals surface area contributed by atoms with Crippen molar-refractivity contribution in [2.24, 2.45) is 5.73 Å². The molecule has 2 heterocycles. The lowest BCUT2D eigenvalue weighted by molar-refractivity contribution is 0.399. The normalized spacial score (nSPS) is 10.8. The number of nitrogens with zero attached hydrogens (tertiary/aromatic N) is 2. The van der Waals surface area contributed by atoms with Crippen LogP contribution in [0.25, 0.3) is 22.2 Å². The number of ether oxygens (including phenoxy) is 1. The molecule has 4 nitrogen and oxygen atoms in total. The molecular formula is C17H17N3O. The Kier molecular flexibility index (Phi) is 3.79. The van der Waals surface area contributed by atoms with E-state index in [1.165, 1.54) is 5.56 Å². The van der Waals surface area contributed by atoms with Crippen molar-refractivity contribution < 1.29 is 4.74 Å². The Morgan fingerprint density at radius 3 is 2.57 bits per heavy atom. The topological polar surface area (TPSA) is 61.0 Å². The lowest BCUT2D eigenvalue weighted by atomic mass is 10.0. The molecule has 0 radical (unpaired) electrons. The molecule has 0 unspecified atom stereocenters. The van der Waals surface area contributed by atoms with Crippen molar-refractivity contribution in [3.8, 4) is 17.0 Å². The van der Waals surface area contributed by atoms with Gasteiger partial charge in [-0.15, -0.1) is 0 Å². The molecule has 4 heteroatoms. The fourth-order valence-corrected chi connectivity index (χ4v) is 2.37. The van der Waals surface area contributed by atoms with E-state index in [9.17, 15) is 0 Å². The van der Waals surface area contributed by atoms with Crippen LogP contribution >= 0.6 is 0 Å². The molecular weight excluding hydrogens is 262 g/mol. The summed E-state index contributed by atoms with van der Waals surface area (Å²) in [6.45, 7) is 0.663. The maximum absolute atomic E-state index is 5.58. The third kappa shape index (κ3) is 2.71. The highest BCUT2D eigenvalue weighted by Crippen LogP contribution is 2.27. The molecule has 0 fully saturated rings. The molecule has 2 N–H and O–H groups in total. The molecule has 21 heavy (non-hydrogen) atoms. The summed E-state index contributed by atoms with van der Waals surface area (Å²) in [5, 5.41) is 0. The van der Waals surface area contributed by atoms with Crippen LogP contribution in [-0.2, 0) is 6.42 Å². The van der Waals surface area contributed by atoms with E-state index in [1.807, 2.05) is 18.2 Å². The third-order valence-electron chi connectivity index (χ3n) is 3.47. The van der Waals surface area contributed by atoms with Crippen LogP contribution in [0.1, 0.15) is 5.56 Å². The summed E-state index contributed by atoms with van der Waals surface area (Å²) in [6.07, 6.45) is 2.70. The fourth-order valence-electron chi connectivity index (χ4n) is 2.37. The second-order valence-corrected chi connectivity index (χ2v) is 4.82. The molecule has 0 bridgehead atoms. The molecule has 3 aromatic rings. The minimum atomic E-state index is 0.594. The Morgan fingerprint density at radius 1 is 1.05 bits per heavy atom. The average molecular weight is 279 g/mol. The lowest BCUT2D eigenvalue weighted by Gasteiger charge is -2.08. The summed E-state index contributed by atoms with van der Waals surface area (Å²) in [5.41, 5.74) is 10.7. The molecule has 1 aromatic carbocycles. The first kappa shape index (κ1) is 13.5. The van der Waals surface area contributed by atoms with Crippen LogP contribution in [0.4, 0.5) is 0 Å². The summed E-state index contributed by atoms with van der Waals surface area (Å²) >= 11 is 0. The van der Waals surface area contributed by atoms with Gasteiger partial charge in [0.05, 0.1) is 12.6 Å². The Balaban J connectivity index is 2.10. The highest BCUT2D eigenvalue weighted by atomic mass is 16.5. The van der Waals surface area contributed by atoms with Crippen molar-refractivity contribution in [2.45, 2.75) is 6.42 Å². The quantitative estimate of drug-likeness (QED) is 0.797.